The van der Waals surface area contributed by atoms with E-state index in [1.165, 1.54) is 6.20 Å². The van der Waals surface area contributed by atoms with E-state index < -0.39 is 10.0 Å². The van der Waals surface area contributed by atoms with Crippen LogP contribution in [-0.2, 0) is 16.6 Å². The molecule has 1 aliphatic heterocycles. The maximum Gasteiger partial charge on any atom is 0.243 e. The first-order chi connectivity index (χ1) is 10.6. The first kappa shape index (κ1) is 15.2. The van der Waals surface area contributed by atoms with Crippen LogP contribution in [0, 0.1) is 0 Å². The van der Waals surface area contributed by atoms with Crippen molar-refractivity contribution in [3.8, 4) is 0 Å². The summed E-state index contributed by atoms with van der Waals surface area (Å²) in [5.41, 5.74) is 1.08. The van der Waals surface area contributed by atoms with E-state index in [-0.39, 0.29) is 10.9 Å². The minimum atomic E-state index is -3.50. The summed E-state index contributed by atoms with van der Waals surface area (Å²) in [6.45, 7) is 2.19. The number of benzene rings is 1. The van der Waals surface area contributed by atoms with Crippen molar-refractivity contribution in [2.24, 2.45) is 0 Å². The number of nitrogens with one attached hydrogen (secondary N) is 2. The number of sulfonamides is 1. The number of piperidine rings is 1. The monoisotopic (exact) mass is 320 g/mol. The van der Waals surface area contributed by atoms with Gasteiger partial charge in [-0.15, -0.1) is 0 Å². The smallest absolute Gasteiger partial charge is 0.243 e. The molecule has 0 radical (unpaired) electrons. The summed E-state index contributed by atoms with van der Waals surface area (Å²) in [6, 6.07) is 9.78. The highest BCUT2D eigenvalue weighted by molar-refractivity contribution is 7.89. The second-order valence-corrected chi connectivity index (χ2v) is 7.24. The summed E-state index contributed by atoms with van der Waals surface area (Å²) >= 11 is 0. The second-order valence-electron chi connectivity index (χ2n) is 5.52. The maximum absolute atomic E-state index is 12.4. The van der Waals surface area contributed by atoms with Gasteiger partial charge in [0.25, 0.3) is 0 Å². The Hall–Kier alpha value is -1.70. The lowest BCUT2D eigenvalue weighted by Gasteiger charge is -2.23. The highest BCUT2D eigenvalue weighted by Crippen LogP contribution is 2.12. The molecule has 0 aliphatic carbocycles. The average molecular weight is 320 g/mol. The van der Waals surface area contributed by atoms with E-state index in [4.69, 9.17) is 0 Å². The molecule has 7 heteroatoms. The number of nitrogens with zero attached hydrogens (tertiary/aromatic N) is 2. The SMILES string of the molecule is O=S(=O)(NC1CCCNC1)c1cnn(Cc2ccccc2)c1. The van der Waals surface area contributed by atoms with E-state index >= 15 is 0 Å². The molecule has 0 bridgehead atoms. The molecule has 3 rings (SSSR count). The lowest BCUT2D eigenvalue weighted by Crippen LogP contribution is -2.45. The molecule has 1 unspecified atom stereocenters. The fourth-order valence-corrected chi connectivity index (χ4v) is 3.80. The van der Waals surface area contributed by atoms with Crippen LogP contribution in [0.5, 0.6) is 0 Å². The van der Waals surface area contributed by atoms with Gasteiger partial charge in [0.2, 0.25) is 10.0 Å². The summed E-state index contributed by atoms with van der Waals surface area (Å²) in [6.07, 6.45) is 4.83. The van der Waals surface area contributed by atoms with Gasteiger partial charge in [-0.2, -0.15) is 5.10 Å². The van der Waals surface area contributed by atoms with E-state index in [2.05, 4.69) is 15.1 Å². The van der Waals surface area contributed by atoms with Gasteiger partial charge in [-0.1, -0.05) is 30.3 Å². The fourth-order valence-electron chi connectivity index (χ4n) is 2.58. The van der Waals surface area contributed by atoms with Gasteiger partial charge < -0.3 is 5.32 Å². The van der Waals surface area contributed by atoms with Crippen molar-refractivity contribution in [3.05, 3.63) is 48.3 Å². The van der Waals surface area contributed by atoms with Gasteiger partial charge in [0.05, 0.1) is 12.7 Å². The minimum absolute atomic E-state index is 0.0452. The molecular formula is C15H20N4O2S. The molecule has 1 aromatic heterocycles. The zero-order valence-electron chi connectivity index (χ0n) is 12.3. The third-order valence-corrected chi connectivity index (χ3v) is 5.20. The Morgan fingerprint density at radius 1 is 1.32 bits per heavy atom. The summed E-state index contributed by atoms with van der Waals surface area (Å²) < 4.78 is 29.1. The fraction of sp³-hybridized carbons (Fsp3) is 0.400. The second kappa shape index (κ2) is 6.60. The first-order valence-corrected chi connectivity index (χ1v) is 8.91. The molecule has 6 nitrogen and oxygen atoms in total. The van der Waals surface area contributed by atoms with Crippen LogP contribution in [0.25, 0.3) is 0 Å². The molecular weight excluding hydrogens is 300 g/mol. The molecule has 1 fully saturated rings. The van der Waals surface area contributed by atoms with E-state index in [9.17, 15) is 8.42 Å². The van der Waals surface area contributed by atoms with E-state index in [0.717, 1.165) is 24.9 Å². The summed E-state index contributed by atoms with van der Waals surface area (Å²) in [4.78, 5) is 0.217. The molecule has 1 atom stereocenters. The topological polar surface area (TPSA) is 76.0 Å². The van der Waals surface area contributed by atoms with Crippen LogP contribution in [0.2, 0.25) is 0 Å². The van der Waals surface area contributed by atoms with Crippen LogP contribution in [-0.4, -0.2) is 37.3 Å². The number of rotatable bonds is 5. The van der Waals surface area contributed by atoms with Crippen molar-refractivity contribution in [2.75, 3.05) is 13.1 Å². The minimum Gasteiger partial charge on any atom is -0.315 e. The molecule has 0 spiro atoms. The third-order valence-electron chi connectivity index (χ3n) is 3.73. The van der Waals surface area contributed by atoms with Gasteiger partial charge in [-0.3, -0.25) is 4.68 Å². The van der Waals surface area contributed by atoms with Crippen LogP contribution in [0.3, 0.4) is 0 Å². The molecule has 118 valence electrons. The normalized spacial score (nSPS) is 19.2. The molecule has 2 heterocycles. The van der Waals surface area contributed by atoms with E-state index in [0.29, 0.717) is 13.1 Å². The first-order valence-electron chi connectivity index (χ1n) is 7.43. The molecule has 1 aromatic carbocycles. The van der Waals surface area contributed by atoms with Gasteiger partial charge in [-0.05, 0) is 24.9 Å². The van der Waals surface area contributed by atoms with E-state index in [1.54, 1.807) is 10.9 Å². The Balaban J connectivity index is 1.69. The molecule has 0 amide bonds. The summed E-state index contributed by atoms with van der Waals surface area (Å²) in [5, 5.41) is 7.35. The quantitative estimate of drug-likeness (QED) is 0.860. The van der Waals surface area contributed by atoms with Crippen LogP contribution in [0.1, 0.15) is 18.4 Å². The van der Waals surface area contributed by atoms with Crippen molar-refractivity contribution >= 4 is 10.0 Å². The van der Waals surface area contributed by atoms with Crippen molar-refractivity contribution in [1.82, 2.24) is 19.8 Å². The highest BCUT2D eigenvalue weighted by Gasteiger charge is 2.22. The molecule has 1 aliphatic rings. The Bertz CT molecular complexity index is 706. The molecule has 0 saturated carbocycles. The van der Waals surface area contributed by atoms with Gasteiger partial charge in [0, 0.05) is 18.8 Å². The lowest BCUT2D eigenvalue weighted by molar-refractivity contribution is 0.428. The molecule has 2 aromatic rings. The Kier molecular flexibility index (Phi) is 4.56. The van der Waals surface area contributed by atoms with E-state index in [1.807, 2.05) is 30.3 Å². The predicted molar refractivity (Wildman–Crippen MR) is 84.0 cm³/mol. The van der Waals surface area contributed by atoms with Crippen LogP contribution in [0.15, 0.2) is 47.6 Å². The van der Waals surface area contributed by atoms with Crippen molar-refractivity contribution in [2.45, 2.75) is 30.3 Å². The Morgan fingerprint density at radius 2 is 2.14 bits per heavy atom. The number of hydrogen-bond donors (Lipinski definition) is 2. The van der Waals surface area contributed by atoms with Crippen molar-refractivity contribution in [3.63, 3.8) is 0 Å². The zero-order valence-corrected chi connectivity index (χ0v) is 13.1. The average Bonchev–Trinajstić information content (AvgIpc) is 2.98. The standard InChI is InChI=1S/C15H20N4O2S/c20-22(21,18-14-7-4-8-16-9-14)15-10-17-19(12-15)11-13-5-2-1-3-6-13/h1-3,5-6,10,12,14,16,18H,4,7-9,11H2. The van der Waals surface area contributed by atoms with Crippen LogP contribution in [0.4, 0.5) is 0 Å². The van der Waals surface area contributed by atoms with Gasteiger partial charge in [0.1, 0.15) is 4.90 Å². The maximum atomic E-state index is 12.4. The van der Waals surface area contributed by atoms with Gasteiger partial charge >= 0.3 is 0 Å². The Morgan fingerprint density at radius 3 is 2.86 bits per heavy atom. The van der Waals surface area contributed by atoms with Crippen molar-refractivity contribution < 1.29 is 8.42 Å². The Labute approximate surface area is 130 Å². The predicted octanol–water partition coefficient (Wildman–Crippen LogP) is 0.962. The van der Waals surface area contributed by atoms with Gasteiger partial charge in [0.15, 0.2) is 0 Å². The summed E-state index contributed by atoms with van der Waals surface area (Å²) in [7, 11) is -3.50. The molecule has 22 heavy (non-hydrogen) atoms. The summed E-state index contributed by atoms with van der Waals surface area (Å²) in [5.74, 6) is 0. The van der Waals surface area contributed by atoms with Crippen molar-refractivity contribution in [1.29, 1.82) is 0 Å². The third kappa shape index (κ3) is 3.73. The number of hydrogen-bond acceptors (Lipinski definition) is 4. The largest absolute Gasteiger partial charge is 0.315 e. The number of aromatic nitrogens is 2. The zero-order chi connectivity index (χ0) is 15.4. The lowest BCUT2D eigenvalue weighted by atomic mass is 10.1. The highest BCUT2D eigenvalue weighted by atomic mass is 32.2. The molecule has 2 N–H and O–H groups in total. The molecule has 1 saturated heterocycles. The van der Waals surface area contributed by atoms with Crippen LogP contribution < -0.4 is 10.0 Å². The van der Waals surface area contributed by atoms with Crippen LogP contribution >= 0.6 is 0 Å². The van der Waals surface area contributed by atoms with Gasteiger partial charge in [-0.25, -0.2) is 13.1 Å².